The van der Waals surface area contributed by atoms with Crippen LogP contribution in [0.5, 0.6) is 0 Å². The van der Waals surface area contributed by atoms with Crippen molar-refractivity contribution in [3.8, 4) is 0 Å². The molecule has 0 amide bonds. The van der Waals surface area contributed by atoms with Crippen molar-refractivity contribution in [1.82, 2.24) is 13.9 Å². The summed E-state index contributed by atoms with van der Waals surface area (Å²) in [6.45, 7) is 42.3. The van der Waals surface area contributed by atoms with Crippen molar-refractivity contribution in [2.75, 3.05) is 0 Å². The Morgan fingerprint density at radius 2 is 0.321 bits per heavy atom. The fraction of sp³-hybridized carbons (Fsp3) is 1.00. The molecule has 1 radical (unpaired) electrons. The SMILES string of the molecule is C[Si](C)(C)N[Si](C)(C)C.C[Si](C)(C)N[Si](C)(C)C.C[Si](C)(C)N[Si](C)(C)C.[Sc]. The minimum Gasteiger partial charge on any atom is -0.360 e. The van der Waals surface area contributed by atoms with Gasteiger partial charge in [-0.25, -0.2) is 0 Å². The first-order valence-electron chi connectivity index (χ1n) is 10.5. The van der Waals surface area contributed by atoms with Crippen LogP contribution >= 0.6 is 0 Å². The molecule has 0 aromatic rings. The zero-order valence-electron chi connectivity index (χ0n) is 23.1. The molecule has 171 valence electrons. The Balaban J connectivity index is -0.000000152. The van der Waals surface area contributed by atoms with E-state index in [1.165, 1.54) is 0 Å². The van der Waals surface area contributed by atoms with Crippen molar-refractivity contribution in [2.24, 2.45) is 0 Å². The normalized spacial score (nSPS) is 13.5. The van der Waals surface area contributed by atoms with E-state index in [9.17, 15) is 0 Å². The molecule has 0 saturated carbocycles. The Hall–Kier alpha value is 2.05. The molecule has 0 fully saturated rings. The van der Waals surface area contributed by atoms with E-state index in [0.717, 1.165) is 0 Å². The Bertz CT molecular complexity index is 297. The van der Waals surface area contributed by atoms with Crippen LogP contribution in [-0.2, 0) is 25.8 Å². The van der Waals surface area contributed by atoms with Gasteiger partial charge in [0.25, 0.3) is 0 Å². The summed E-state index contributed by atoms with van der Waals surface area (Å²) in [4.78, 5) is 0. The molecular formula is C18H57N3ScSi6. The number of rotatable bonds is 6. The summed E-state index contributed by atoms with van der Waals surface area (Å²) in [6, 6.07) is 0. The molecule has 0 aliphatic rings. The van der Waals surface area contributed by atoms with Gasteiger partial charge in [-0.15, -0.1) is 0 Å². The van der Waals surface area contributed by atoms with E-state index in [4.69, 9.17) is 0 Å². The van der Waals surface area contributed by atoms with Gasteiger partial charge in [0, 0.05) is 25.8 Å². The number of hydrogen-bond donors (Lipinski definition) is 3. The van der Waals surface area contributed by atoms with Crippen LogP contribution in [0.4, 0.5) is 0 Å². The molecule has 0 aromatic heterocycles. The smallest absolute Gasteiger partial charge is 0.109 e. The fourth-order valence-corrected chi connectivity index (χ4v) is 30.4. The van der Waals surface area contributed by atoms with Crippen LogP contribution in [-0.4, -0.2) is 49.4 Å². The van der Waals surface area contributed by atoms with Crippen LogP contribution in [0.1, 0.15) is 0 Å². The molecule has 10 heteroatoms. The van der Waals surface area contributed by atoms with Crippen molar-refractivity contribution in [2.45, 2.75) is 118 Å². The third-order valence-corrected chi connectivity index (χ3v) is 20.2. The molecule has 0 aromatic carbocycles. The third-order valence-electron chi connectivity index (χ3n) is 2.25. The van der Waals surface area contributed by atoms with Gasteiger partial charge in [-0.05, 0) is 0 Å². The van der Waals surface area contributed by atoms with Gasteiger partial charge in [0.05, 0.1) is 0 Å². The third kappa shape index (κ3) is 51.1. The maximum absolute atomic E-state index is 3.74. The largest absolute Gasteiger partial charge is 0.360 e. The Morgan fingerprint density at radius 1 is 0.250 bits per heavy atom. The van der Waals surface area contributed by atoms with Gasteiger partial charge in [-0.3, -0.25) is 0 Å². The van der Waals surface area contributed by atoms with Crippen LogP contribution < -0.4 is 13.9 Å². The van der Waals surface area contributed by atoms with Gasteiger partial charge < -0.3 is 13.9 Å². The van der Waals surface area contributed by atoms with E-state index < -0.39 is 49.4 Å². The van der Waals surface area contributed by atoms with E-state index in [-0.39, 0.29) is 25.8 Å². The monoisotopic (exact) mass is 528 g/mol. The average molecular weight is 529 g/mol. The Morgan fingerprint density at radius 3 is 0.321 bits per heavy atom. The van der Waals surface area contributed by atoms with Crippen LogP contribution in [0, 0.1) is 0 Å². The second-order valence-corrected chi connectivity index (χ2v) is 43.9. The molecule has 0 heterocycles. The molecule has 0 rings (SSSR count). The molecule has 0 saturated heterocycles. The molecule has 0 aliphatic carbocycles. The Kier molecular flexibility index (Phi) is 18.1. The molecule has 28 heavy (non-hydrogen) atoms. The van der Waals surface area contributed by atoms with Crippen LogP contribution in [0.3, 0.4) is 0 Å². The van der Waals surface area contributed by atoms with E-state index in [0.29, 0.717) is 0 Å². The molecule has 3 N–H and O–H groups in total. The summed E-state index contributed by atoms with van der Waals surface area (Å²) in [7, 11) is -5.89. The van der Waals surface area contributed by atoms with Crippen molar-refractivity contribution >= 4 is 49.4 Å². The van der Waals surface area contributed by atoms with E-state index in [2.05, 4.69) is 132 Å². The molecule has 3 nitrogen and oxygen atoms in total. The zero-order chi connectivity index (χ0) is 23.1. The average Bonchev–Trinajstić information content (AvgIpc) is 1.96. The maximum Gasteiger partial charge on any atom is 0.109 e. The van der Waals surface area contributed by atoms with Gasteiger partial charge in [0.15, 0.2) is 0 Å². The molecule has 0 bridgehead atoms. The van der Waals surface area contributed by atoms with E-state index in [1.807, 2.05) is 0 Å². The van der Waals surface area contributed by atoms with Gasteiger partial charge in [-0.1, -0.05) is 118 Å². The number of hydrogen-bond acceptors (Lipinski definition) is 3. The first-order valence-corrected chi connectivity index (χ1v) is 31.5. The first-order chi connectivity index (χ1) is 11.1. The minimum atomic E-state index is -0.981. The fourth-order valence-electron chi connectivity index (χ4n) is 3.38. The summed E-state index contributed by atoms with van der Waals surface area (Å²) in [5, 5.41) is 0. The number of nitrogens with one attached hydrogen (secondary N) is 3. The van der Waals surface area contributed by atoms with Crippen LogP contribution in [0.25, 0.3) is 0 Å². The first kappa shape index (κ1) is 37.4. The maximum atomic E-state index is 3.74. The van der Waals surface area contributed by atoms with Crippen molar-refractivity contribution < 1.29 is 25.8 Å². The second-order valence-electron chi connectivity index (χ2n) is 13.9. The predicted molar refractivity (Wildman–Crippen MR) is 149 cm³/mol. The molecule has 0 unspecified atom stereocenters. The summed E-state index contributed by atoms with van der Waals surface area (Å²) in [5.41, 5.74) is 0. The minimum absolute atomic E-state index is 0. The standard InChI is InChI=1S/3C6H19NSi2.Sc/c3*1-8(2,3)7-9(4,5)6;/h3*7H,1-6H3;. The summed E-state index contributed by atoms with van der Waals surface area (Å²) in [6.07, 6.45) is 0. The Labute approximate surface area is 205 Å². The van der Waals surface area contributed by atoms with Crippen LogP contribution in [0.2, 0.25) is 118 Å². The van der Waals surface area contributed by atoms with Gasteiger partial charge in [-0.2, -0.15) is 0 Å². The molecular weight excluding hydrogens is 472 g/mol. The van der Waals surface area contributed by atoms with E-state index >= 15 is 0 Å². The van der Waals surface area contributed by atoms with Crippen LogP contribution in [0.15, 0.2) is 0 Å². The van der Waals surface area contributed by atoms with Gasteiger partial charge in [0.1, 0.15) is 49.4 Å². The molecule has 0 spiro atoms. The predicted octanol–water partition coefficient (Wildman–Crippen LogP) is 6.73. The molecule has 0 aliphatic heterocycles. The van der Waals surface area contributed by atoms with Crippen molar-refractivity contribution in [1.29, 1.82) is 0 Å². The van der Waals surface area contributed by atoms with Crippen molar-refractivity contribution in [3.63, 3.8) is 0 Å². The zero-order valence-corrected chi connectivity index (χ0v) is 30.9. The van der Waals surface area contributed by atoms with E-state index in [1.54, 1.807) is 0 Å². The summed E-state index contributed by atoms with van der Waals surface area (Å²) >= 11 is 0. The molecule has 0 atom stereocenters. The second kappa shape index (κ2) is 13.6. The van der Waals surface area contributed by atoms with Gasteiger partial charge >= 0.3 is 0 Å². The van der Waals surface area contributed by atoms with Crippen molar-refractivity contribution in [3.05, 3.63) is 0 Å². The topological polar surface area (TPSA) is 36.1 Å². The van der Waals surface area contributed by atoms with Gasteiger partial charge in [0.2, 0.25) is 0 Å². The summed E-state index contributed by atoms with van der Waals surface area (Å²) < 4.78 is 11.2. The summed E-state index contributed by atoms with van der Waals surface area (Å²) in [5.74, 6) is 0. The quantitative estimate of drug-likeness (QED) is 0.334.